The Labute approximate surface area is 235 Å². The number of benzene rings is 2. The van der Waals surface area contributed by atoms with E-state index in [0.29, 0.717) is 23.1 Å². The number of hydrogen-bond donors (Lipinski definition) is 1. The fourth-order valence-electron chi connectivity index (χ4n) is 5.54. The van der Waals surface area contributed by atoms with Crippen LogP contribution in [0.1, 0.15) is 29.5 Å². The Morgan fingerprint density at radius 2 is 1.97 bits per heavy atom. The van der Waals surface area contributed by atoms with Gasteiger partial charge in [0.2, 0.25) is 0 Å². The molecule has 7 nitrogen and oxygen atoms in total. The third kappa shape index (κ3) is 4.89. The van der Waals surface area contributed by atoms with Crippen LogP contribution in [0.25, 0.3) is 16.3 Å². The maximum Gasteiger partial charge on any atom is 0.322 e. The molecule has 1 N–H and O–H groups in total. The number of carbonyl (C=O) groups excluding carboxylic acids is 1. The first-order chi connectivity index (χ1) is 18.5. The van der Waals surface area contributed by atoms with E-state index in [1.807, 2.05) is 34.7 Å². The lowest BCUT2D eigenvalue weighted by atomic mass is 9.74. The number of rotatable bonds is 5. The first-order valence-corrected chi connectivity index (χ1v) is 14.2. The van der Waals surface area contributed by atoms with E-state index >= 15 is 0 Å². The fraction of sp³-hybridized carbons (Fsp3) is 0.286. The predicted molar refractivity (Wildman–Crippen MR) is 154 cm³/mol. The van der Waals surface area contributed by atoms with Crippen LogP contribution < -0.4 is 10.2 Å². The normalized spacial score (nSPS) is 16.9. The second kappa shape index (κ2) is 10.6. The molecule has 38 heavy (non-hydrogen) atoms. The summed E-state index contributed by atoms with van der Waals surface area (Å²) in [6.45, 7) is 3.82. The topological polar surface area (TPSA) is 74.2 Å². The number of nitrogens with one attached hydrogen (secondary N) is 1. The molecule has 4 heterocycles. The van der Waals surface area contributed by atoms with Crippen LogP contribution in [0.4, 0.5) is 10.5 Å². The van der Waals surface area contributed by atoms with Gasteiger partial charge in [0.05, 0.1) is 37.7 Å². The SMILES string of the molecule is O=C(NCc1ccnnc1)N1CC2(CCN(C/C=C/c3ccc(Cl)c(Cl)c3)CC2)c2c1ccc1scnc21. The molecule has 0 aliphatic carbocycles. The minimum atomic E-state index is -0.109. The summed E-state index contributed by atoms with van der Waals surface area (Å²) >= 11 is 13.8. The van der Waals surface area contributed by atoms with Crippen molar-refractivity contribution in [1.82, 2.24) is 25.4 Å². The van der Waals surface area contributed by atoms with Crippen molar-refractivity contribution in [2.75, 3.05) is 31.1 Å². The standard InChI is InChI=1S/C28H26Cl2N6OS/c29-21-4-3-19(14-22(21)30)2-1-11-35-12-8-28(9-13-35)17-36(27(37)31-15-20-7-10-33-34-16-20)23-5-6-24-26(25(23)28)32-18-38-24/h1-7,10,14,16,18H,8-9,11-13,15,17H2,(H,31,37)/b2-1+. The second-order valence-electron chi connectivity index (χ2n) is 9.81. The van der Waals surface area contributed by atoms with E-state index in [1.54, 1.807) is 23.7 Å². The van der Waals surface area contributed by atoms with Crippen LogP contribution in [0.3, 0.4) is 0 Å². The molecule has 2 aliphatic rings. The van der Waals surface area contributed by atoms with Gasteiger partial charge in [-0.1, -0.05) is 41.4 Å². The summed E-state index contributed by atoms with van der Waals surface area (Å²) in [5.74, 6) is 0. The van der Waals surface area contributed by atoms with Crippen molar-refractivity contribution < 1.29 is 4.79 Å². The highest BCUT2D eigenvalue weighted by Gasteiger charge is 2.47. The molecule has 0 saturated carbocycles. The maximum atomic E-state index is 13.4. The van der Waals surface area contributed by atoms with Gasteiger partial charge in [0, 0.05) is 36.8 Å². The van der Waals surface area contributed by atoms with Crippen molar-refractivity contribution in [2.24, 2.45) is 0 Å². The van der Waals surface area contributed by atoms with Crippen molar-refractivity contribution in [3.8, 4) is 0 Å². The van der Waals surface area contributed by atoms with Crippen molar-refractivity contribution in [3.63, 3.8) is 0 Å². The monoisotopic (exact) mass is 564 g/mol. The molecule has 2 amide bonds. The zero-order valence-electron chi connectivity index (χ0n) is 20.6. The molecule has 10 heteroatoms. The molecule has 194 valence electrons. The van der Waals surface area contributed by atoms with Gasteiger partial charge >= 0.3 is 6.03 Å². The number of likely N-dealkylation sites (tertiary alicyclic amines) is 1. The van der Waals surface area contributed by atoms with E-state index < -0.39 is 0 Å². The van der Waals surface area contributed by atoms with Crippen LogP contribution in [0.15, 0.2) is 60.4 Å². The molecular formula is C28H26Cl2N6OS. The highest BCUT2D eigenvalue weighted by Crippen LogP contribution is 2.50. The number of thiazole rings is 1. The zero-order chi connectivity index (χ0) is 26.1. The smallest absolute Gasteiger partial charge is 0.322 e. The molecule has 1 saturated heterocycles. The number of anilines is 1. The largest absolute Gasteiger partial charge is 0.334 e. The summed E-state index contributed by atoms with van der Waals surface area (Å²) in [4.78, 5) is 22.5. The summed E-state index contributed by atoms with van der Waals surface area (Å²) in [5.41, 5.74) is 6.98. The summed E-state index contributed by atoms with van der Waals surface area (Å²) in [6, 6.07) is 11.6. The number of urea groups is 1. The second-order valence-corrected chi connectivity index (χ2v) is 11.5. The number of aromatic nitrogens is 3. The molecule has 2 aliphatic heterocycles. The molecule has 0 radical (unpaired) electrons. The average Bonchev–Trinajstić information content (AvgIpc) is 3.54. The number of halogens is 2. The predicted octanol–water partition coefficient (Wildman–Crippen LogP) is 6.17. The summed E-state index contributed by atoms with van der Waals surface area (Å²) in [6.07, 6.45) is 9.50. The minimum Gasteiger partial charge on any atom is -0.334 e. The Morgan fingerprint density at radius 3 is 2.76 bits per heavy atom. The van der Waals surface area contributed by atoms with Crippen molar-refractivity contribution in [3.05, 3.63) is 87.1 Å². The van der Waals surface area contributed by atoms with E-state index in [4.69, 9.17) is 28.2 Å². The summed E-state index contributed by atoms with van der Waals surface area (Å²) < 4.78 is 1.17. The third-order valence-corrected chi connectivity index (χ3v) is 9.06. The van der Waals surface area contributed by atoms with Crippen LogP contribution in [0, 0.1) is 0 Å². The van der Waals surface area contributed by atoms with Crippen LogP contribution in [-0.4, -0.2) is 52.3 Å². The van der Waals surface area contributed by atoms with Crippen LogP contribution in [0.2, 0.25) is 10.0 Å². The van der Waals surface area contributed by atoms with Crippen molar-refractivity contribution in [1.29, 1.82) is 0 Å². The Morgan fingerprint density at radius 1 is 1.11 bits per heavy atom. The van der Waals surface area contributed by atoms with Gasteiger partial charge in [-0.15, -0.1) is 11.3 Å². The molecular weight excluding hydrogens is 539 g/mol. The first-order valence-electron chi connectivity index (χ1n) is 12.5. The first kappa shape index (κ1) is 25.2. The van der Waals surface area contributed by atoms with Gasteiger partial charge in [0.25, 0.3) is 0 Å². The molecule has 2 aromatic heterocycles. The van der Waals surface area contributed by atoms with Crippen LogP contribution >= 0.6 is 34.5 Å². The fourth-order valence-corrected chi connectivity index (χ4v) is 6.53. The van der Waals surface area contributed by atoms with Gasteiger partial charge in [-0.2, -0.15) is 10.2 Å². The van der Waals surface area contributed by atoms with E-state index in [-0.39, 0.29) is 11.4 Å². The van der Waals surface area contributed by atoms with Gasteiger partial charge in [0.1, 0.15) is 0 Å². The molecule has 0 bridgehead atoms. The maximum absolute atomic E-state index is 13.4. The molecule has 0 unspecified atom stereocenters. The van der Waals surface area contributed by atoms with Gasteiger partial charge in [-0.25, -0.2) is 9.78 Å². The van der Waals surface area contributed by atoms with Crippen LogP contribution in [-0.2, 0) is 12.0 Å². The van der Waals surface area contributed by atoms with Crippen molar-refractivity contribution in [2.45, 2.75) is 24.8 Å². The lowest BCUT2D eigenvalue weighted by Gasteiger charge is -2.39. The Kier molecular flexibility index (Phi) is 7.05. The lowest BCUT2D eigenvalue weighted by molar-refractivity contribution is 0.180. The number of fused-ring (bicyclic) bond motifs is 4. The van der Waals surface area contributed by atoms with E-state index in [9.17, 15) is 4.79 Å². The number of piperidine rings is 1. The molecule has 1 spiro atoms. The van der Waals surface area contributed by atoms with Gasteiger partial charge in [0.15, 0.2) is 0 Å². The van der Waals surface area contributed by atoms with E-state index in [1.165, 1.54) is 10.3 Å². The molecule has 1 fully saturated rings. The number of carbonyl (C=O) groups is 1. The summed E-state index contributed by atoms with van der Waals surface area (Å²) in [7, 11) is 0. The Balaban J connectivity index is 1.18. The molecule has 0 atom stereocenters. The van der Waals surface area contributed by atoms with E-state index in [0.717, 1.165) is 54.8 Å². The van der Waals surface area contributed by atoms with Crippen LogP contribution in [0.5, 0.6) is 0 Å². The van der Waals surface area contributed by atoms with Gasteiger partial charge in [-0.05, 0) is 67.4 Å². The van der Waals surface area contributed by atoms with Gasteiger partial charge < -0.3 is 5.32 Å². The summed E-state index contributed by atoms with van der Waals surface area (Å²) in [5, 5.41) is 11.9. The Hall–Kier alpha value is -3.04. The highest BCUT2D eigenvalue weighted by atomic mass is 35.5. The molecule has 4 aromatic rings. The Bertz CT molecular complexity index is 1500. The molecule has 6 rings (SSSR count). The quantitative estimate of drug-likeness (QED) is 0.313. The number of hydrogen-bond acceptors (Lipinski definition) is 6. The lowest BCUT2D eigenvalue weighted by Crippen LogP contribution is -2.47. The highest BCUT2D eigenvalue weighted by molar-refractivity contribution is 7.16. The van der Waals surface area contributed by atoms with Gasteiger partial charge in [-0.3, -0.25) is 9.80 Å². The number of nitrogens with zero attached hydrogens (tertiary/aromatic N) is 5. The zero-order valence-corrected chi connectivity index (χ0v) is 22.9. The average molecular weight is 566 g/mol. The van der Waals surface area contributed by atoms with Crippen molar-refractivity contribution >= 4 is 62.5 Å². The van der Waals surface area contributed by atoms with E-state index in [2.05, 4.69) is 44.7 Å². The third-order valence-electron chi connectivity index (χ3n) is 7.53. The molecule has 2 aromatic carbocycles. The number of amides is 2. The minimum absolute atomic E-state index is 0.0958.